The Morgan fingerprint density at radius 2 is 1.90 bits per heavy atom. The van der Waals surface area contributed by atoms with Gasteiger partial charge in [-0.3, -0.25) is 5.10 Å². The third kappa shape index (κ3) is 1.91. The van der Waals surface area contributed by atoms with Crippen LogP contribution in [0.15, 0.2) is 41.2 Å². The van der Waals surface area contributed by atoms with Crippen molar-refractivity contribution in [1.29, 1.82) is 0 Å². The Kier molecular flexibility index (Phi) is 2.45. The number of H-pyrrole nitrogens is 1. The molecule has 3 aromatic rings. The van der Waals surface area contributed by atoms with Crippen LogP contribution in [-0.2, 0) is 0 Å². The summed E-state index contributed by atoms with van der Waals surface area (Å²) in [4.78, 5) is 4.49. The van der Waals surface area contributed by atoms with E-state index in [4.69, 9.17) is 4.52 Å². The van der Waals surface area contributed by atoms with Crippen LogP contribution in [0.1, 0.15) is 25.1 Å². The van der Waals surface area contributed by atoms with Crippen molar-refractivity contribution in [3.63, 3.8) is 0 Å². The summed E-state index contributed by atoms with van der Waals surface area (Å²) in [6, 6.07) is 8.06. The molecule has 0 saturated heterocycles. The van der Waals surface area contributed by atoms with E-state index < -0.39 is 0 Å². The smallest absolute Gasteiger partial charge is 0.257 e. The van der Waals surface area contributed by atoms with Crippen LogP contribution in [-0.4, -0.2) is 20.3 Å². The van der Waals surface area contributed by atoms with Gasteiger partial charge in [-0.15, -0.1) is 0 Å². The molecule has 2 heterocycles. The molecule has 100 valence electrons. The van der Waals surface area contributed by atoms with Gasteiger partial charge in [0.2, 0.25) is 0 Å². The number of hydrogen-bond acceptors (Lipinski definition) is 4. The van der Waals surface area contributed by atoms with Crippen LogP contribution < -0.4 is 0 Å². The Bertz CT molecular complexity index is 715. The molecular formula is C15H14N4O. The van der Waals surface area contributed by atoms with Crippen LogP contribution >= 0.6 is 0 Å². The summed E-state index contributed by atoms with van der Waals surface area (Å²) in [7, 11) is 0. The van der Waals surface area contributed by atoms with Crippen LogP contribution in [0.5, 0.6) is 0 Å². The van der Waals surface area contributed by atoms with Crippen molar-refractivity contribution in [2.45, 2.75) is 19.3 Å². The first-order chi connectivity index (χ1) is 9.81. The lowest BCUT2D eigenvalue weighted by molar-refractivity contribution is 0.422. The number of rotatable bonds is 3. The molecule has 1 saturated carbocycles. The Morgan fingerprint density at radius 3 is 2.55 bits per heavy atom. The molecule has 0 radical (unpaired) electrons. The topological polar surface area (TPSA) is 67.6 Å². The van der Waals surface area contributed by atoms with Gasteiger partial charge in [0.1, 0.15) is 0 Å². The molecule has 5 heteroatoms. The summed E-state index contributed by atoms with van der Waals surface area (Å²) >= 11 is 0. The molecule has 1 aliphatic carbocycles. The highest BCUT2D eigenvalue weighted by Gasteiger charge is 2.38. The number of hydrogen-bond donors (Lipinski definition) is 1. The first-order valence-electron chi connectivity index (χ1n) is 6.74. The van der Waals surface area contributed by atoms with E-state index in [1.807, 2.05) is 30.5 Å². The van der Waals surface area contributed by atoms with Crippen LogP contribution in [0, 0.1) is 5.92 Å². The fourth-order valence-corrected chi connectivity index (χ4v) is 2.40. The van der Waals surface area contributed by atoms with Gasteiger partial charge in [0.15, 0.2) is 5.82 Å². The normalized spacial score (nSPS) is 21.1. The largest absolute Gasteiger partial charge is 0.334 e. The van der Waals surface area contributed by atoms with Gasteiger partial charge in [-0.1, -0.05) is 24.2 Å². The molecule has 2 unspecified atom stereocenters. The maximum absolute atomic E-state index is 5.35. The molecule has 5 nitrogen and oxygen atoms in total. The highest BCUT2D eigenvalue weighted by molar-refractivity contribution is 5.66. The zero-order chi connectivity index (χ0) is 13.5. The van der Waals surface area contributed by atoms with Gasteiger partial charge in [0, 0.05) is 23.2 Å². The Balaban J connectivity index is 1.61. The minimum atomic E-state index is 0.484. The van der Waals surface area contributed by atoms with Gasteiger partial charge in [-0.25, -0.2) is 0 Å². The second-order valence-corrected chi connectivity index (χ2v) is 5.34. The van der Waals surface area contributed by atoms with Crippen molar-refractivity contribution in [3.05, 3.63) is 42.5 Å². The summed E-state index contributed by atoms with van der Waals surface area (Å²) in [5.41, 5.74) is 3.12. The van der Waals surface area contributed by atoms with Gasteiger partial charge in [0.05, 0.1) is 6.20 Å². The minimum absolute atomic E-state index is 0.484. The van der Waals surface area contributed by atoms with Gasteiger partial charge in [-0.2, -0.15) is 10.1 Å². The third-order valence-corrected chi connectivity index (χ3v) is 3.85. The number of aromatic amines is 1. The lowest BCUT2D eigenvalue weighted by atomic mass is 10.1. The Labute approximate surface area is 116 Å². The molecule has 1 N–H and O–H groups in total. The standard InChI is InChI=1S/C15H14N4O/c1-9-6-13(9)14-18-15(20-19-14)11-4-2-10(3-5-11)12-7-16-17-8-12/h2-5,7-9,13H,6H2,1H3,(H,16,17). The second kappa shape index (κ2) is 4.30. The van der Waals surface area contributed by atoms with Crippen molar-refractivity contribution in [2.24, 2.45) is 5.92 Å². The molecular weight excluding hydrogens is 252 g/mol. The van der Waals surface area contributed by atoms with E-state index in [-0.39, 0.29) is 0 Å². The van der Waals surface area contributed by atoms with E-state index in [0.717, 1.165) is 22.5 Å². The number of nitrogens with one attached hydrogen (secondary N) is 1. The SMILES string of the molecule is CC1CC1c1noc(-c2ccc(-c3cn[nH]c3)cc2)n1. The summed E-state index contributed by atoms with van der Waals surface area (Å²) in [6.07, 6.45) is 4.83. The molecule has 20 heavy (non-hydrogen) atoms. The summed E-state index contributed by atoms with van der Waals surface area (Å²) in [5.74, 6) is 2.60. The number of nitrogens with zero attached hydrogens (tertiary/aromatic N) is 3. The lowest BCUT2D eigenvalue weighted by Gasteiger charge is -1.98. The Hall–Kier alpha value is -2.43. The average Bonchev–Trinajstić information content (AvgIpc) is 2.96. The molecule has 1 aromatic carbocycles. The predicted octanol–water partition coefficient (Wildman–Crippen LogP) is 3.25. The molecule has 4 rings (SSSR count). The predicted molar refractivity (Wildman–Crippen MR) is 73.8 cm³/mol. The quantitative estimate of drug-likeness (QED) is 0.790. The molecule has 1 aliphatic rings. The van der Waals surface area contributed by atoms with E-state index in [9.17, 15) is 0 Å². The van der Waals surface area contributed by atoms with Crippen molar-refractivity contribution in [1.82, 2.24) is 20.3 Å². The van der Waals surface area contributed by atoms with Gasteiger partial charge < -0.3 is 4.52 Å². The Morgan fingerprint density at radius 1 is 1.15 bits per heavy atom. The van der Waals surface area contributed by atoms with Gasteiger partial charge >= 0.3 is 0 Å². The van der Waals surface area contributed by atoms with Gasteiger partial charge in [0.25, 0.3) is 5.89 Å². The first kappa shape index (κ1) is 11.4. The molecule has 2 aromatic heterocycles. The van der Waals surface area contributed by atoms with Crippen LogP contribution in [0.3, 0.4) is 0 Å². The zero-order valence-corrected chi connectivity index (χ0v) is 11.1. The van der Waals surface area contributed by atoms with E-state index in [0.29, 0.717) is 17.7 Å². The van der Waals surface area contributed by atoms with Crippen LogP contribution in [0.25, 0.3) is 22.6 Å². The summed E-state index contributed by atoms with van der Waals surface area (Å²) < 4.78 is 5.35. The van der Waals surface area contributed by atoms with Crippen molar-refractivity contribution in [2.75, 3.05) is 0 Å². The van der Waals surface area contributed by atoms with Crippen LogP contribution in [0.4, 0.5) is 0 Å². The highest BCUT2D eigenvalue weighted by Crippen LogP contribution is 2.45. The van der Waals surface area contributed by atoms with Crippen molar-refractivity contribution >= 4 is 0 Å². The molecule has 1 fully saturated rings. The monoisotopic (exact) mass is 266 g/mol. The summed E-state index contributed by atoms with van der Waals surface area (Å²) in [5, 5.41) is 10.8. The molecule has 2 atom stereocenters. The molecule has 0 amide bonds. The van der Waals surface area contributed by atoms with Crippen LogP contribution in [0.2, 0.25) is 0 Å². The number of aromatic nitrogens is 4. The highest BCUT2D eigenvalue weighted by atomic mass is 16.5. The maximum Gasteiger partial charge on any atom is 0.257 e. The molecule has 0 bridgehead atoms. The van der Waals surface area contributed by atoms with Crippen molar-refractivity contribution < 1.29 is 4.52 Å². The van der Waals surface area contributed by atoms with Crippen molar-refractivity contribution in [3.8, 4) is 22.6 Å². The van der Waals surface area contributed by atoms with E-state index in [1.54, 1.807) is 6.20 Å². The third-order valence-electron chi connectivity index (χ3n) is 3.85. The van der Waals surface area contributed by atoms with E-state index in [1.165, 1.54) is 6.42 Å². The van der Waals surface area contributed by atoms with E-state index in [2.05, 4.69) is 27.3 Å². The second-order valence-electron chi connectivity index (χ2n) is 5.34. The summed E-state index contributed by atoms with van der Waals surface area (Å²) in [6.45, 7) is 2.21. The van der Waals surface area contributed by atoms with E-state index >= 15 is 0 Å². The van der Waals surface area contributed by atoms with Gasteiger partial charge in [-0.05, 0) is 30.0 Å². The lowest BCUT2D eigenvalue weighted by Crippen LogP contribution is -1.84. The minimum Gasteiger partial charge on any atom is -0.334 e. The first-order valence-corrected chi connectivity index (χ1v) is 6.74. The average molecular weight is 266 g/mol. The maximum atomic E-state index is 5.35. The molecule has 0 aliphatic heterocycles. The zero-order valence-electron chi connectivity index (χ0n) is 11.1. The number of benzene rings is 1. The fraction of sp³-hybridized carbons (Fsp3) is 0.267. The fourth-order valence-electron chi connectivity index (χ4n) is 2.40. The molecule has 0 spiro atoms.